The first-order valence-corrected chi connectivity index (χ1v) is 7.24. The zero-order chi connectivity index (χ0) is 15.2. The Bertz CT molecular complexity index is 629. The highest BCUT2D eigenvalue weighted by molar-refractivity contribution is 9.10. The van der Waals surface area contributed by atoms with Crippen LogP contribution >= 0.6 is 15.9 Å². The van der Waals surface area contributed by atoms with Gasteiger partial charge in [0, 0.05) is 10.2 Å². The summed E-state index contributed by atoms with van der Waals surface area (Å²) in [7, 11) is 0. The molecule has 5 nitrogen and oxygen atoms in total. The summed E-state index contributed by atoms with van der Waals surface area (Å²) in [5.41, 5.74) is 2.14. The number of carbonyl (C=O) groups is 1. The number of aromatic nitrogens is 1. The molecule has 0 bridgehead atoms. The summed E-state index contributed by atoms with van der Waals surface area (Å²) in [5, 5.41) is 12.4. The van der Waals surface area contributed by atoms with E-state index < -0.39 is 0 Å². The predicted molar refractivity (Wildman–Crippen MR) is 83.3 cm³/mol. The number of hydrogen-bond donors (Lipinski definition) is 2. The lowest BCUT2D eigenvalue weighted by molar-refractivity contribution is 0.0526. The molecular weight excluding hydrogens is 336 g/mol. The largest absolute Gasteiger partial charge is 0.506 e. The van der Waals surface area contributed by atoms with Crippen LogP contribution in [0.25, 0.3) is 0 Å². The topological polar surface area (TPSA) is 71.5 Å². The zero-order valence-corrected chi connectivity index (χ0v) is 13.1. The highest BCUT2D eigenvalue weighted by atomic mass is 79.9. The van der Waals surface area contributed by atoms with Crippen molar-refractivity contribution < 1.29 is 14.6 Å². The molecule has 21 heavy (non-hydrogen) atoms. The molecule has 0 unspecified atom stereocenters. The minimum Gasteiger partial charge on any atom is -0.506 e. The van der Waals surface area contributed by atoms with Gasteiger partial charge in [0.15, 0.2) is 0 Å². The third kappa shape index (κ3) is 4.19. The SMILES string of the molecule is CCOC(=O)c1ccc(NCc2ccc(O)cn2)c(Br)c1. The Balaban J connectivity index is 2.04. The fourth-order valence-corrected chi connectivity index (χ4v) is 2.23. The van der Waals surface area contributed by atoms with E-state index >= 15 is 0 Å². The fourth-order valence-electron chi connectivity index (χ4n) is 1.71. The third-order valence-electron chi connectivity index (χ3n) is 2.75. The Morgan fingerprint density at radius 2 is 2.19 bits per heavy atom. The van der Waals surface area contributed by atoms with Crippen molar-refractivity contribution in [3.8, 4) is 5.75 Å². The van der Waals surface area contributed by atoms with Crippen molar-refractivity contribution in [1.29, 1.82) is 0 Å². The molecule has 0 fully saturated rings. The van der Waals surface area contributed by atoms with Crippen LogP contribution < -0.4 is 5.32 Å². The van der Waals surface area contributed by atoms with Crippen LogP contribution in [0.4, 0.5) is 5.69 Å². The smallest absolute Gasteiger partial charge is 0.338 e. The number of halogens is 1. The average Bonchev–Trinajstić information content (AvgIpc) is 2.48. The maximum absolute atomic E-state index is 11.6. The van der Waals surface area contributed by atoms with E-state index in [4.69, 9.17) is 4.74 Å². The fraction of sp³-hybridized carbons (Fsp3) is 0.200. The molecule has 0 saturated heterocycles. The molecule has 2 rings (SSSR count). The van der Waals surface area contributed by atoms with Crippen LogP contribution in [0.3, 0.4) is 0 Å². The maximum atomic E-state index is 11.6. The van der Waals surface area contributed by atoms with Gasteiger partial charge in [-0.15, -0.1) is 0 Å². The second-order valence-electron chi connectivity index (χ2n) is 4.28. The molecule has 0 aliphatic carbocycles. The predicted octanol–water partition coefficient (Wildman–Crippen LogP) is 3.34. The van der Waals surface area contributed by atoms with E-state index in [2.05, 4.69) is 26.2 Å². The van der Waals surface area contributed by atoms with E-state index in [-0.39, 0.29) is 11.7 Å². The molecule has 1 heterocycles. The number of esters is 1. The molecule has 0 amide bonds. The molecular formula is C15H15BrN2O3. The van der Waals surface area contributed by atoms with E-state index in [1.54, 1.807) is 37.3 Å². The van der Waals surface area contributed by atoms with Gasteiger partial charge in [0.25, 0.3) is 0 Å². The van der Waals surface area contributed by atoms with Gasteiger partial charge in [-0.25, -0.2) is 4.79 Å². The first-order valence-electron chi connectivity index (χ1n) is 6.44. The molecule has 0 spiro atoms. The molecule has 110 valence electrons. The van der Waals surface area contributed by atoms with Crippen molar-refractivity contribution in [1.82, 2.24) is 4.98 Å². The van der Waals surface area contributed by atoms with Gasteiger partial charge in [-0.3, -0.25) is 4.98 Å². The number of benzene rings is 1. The van der Waals surface area contributed by atoms with Gasteiger partial charge >= 0.3 is 5.97 Å². The van der Waals surface area contributed by atoms with Gasteiger partial charge in [0.1, 0.15) is 5.75 Å². The monoisotopic (exact) mass is 350 g/mol. The quantitative estimate of drug-likeness (QED) is 0.809. The van der Waals surface area contributed by atoms with E-state index in [0.29, 0.717) is 18.7 Å². The number of ether oxygens (including phenoxy) is 1. The maximum Gasteiger partial charge on any atom is 0.338 e. The lowest BCUT2D eigenvalue weighted by atomic mass is 10.2. The molecule has 2 N–H and O–H groups in total. The second-order valence-corrected chi connectivity index (χ2v) is 5.13. The van der Waals surface area contributed by atoms with Crippen LogP contribution in [-0.2, 0) is 11.3 Å². The number of nitrogens with one attached hydrogen (secondary N) is 1. The van der Waals surface area contributed by atoms with Crippen LogP contribution in [0.2, 0.25) is 0 Å². The second kappa shape index (κ2) is 7.08. The molecule has 0 aliphatic rings. The summed E-state index contributed by atoms with van der Waals surface area (Å²) in [5.74, 6) is -0.205. The summed E-state index contributed by atoms with van der Waals surface area (Å²) in [6, 6.07) is 8.54. The van der Waals surface area contributed by atoms with Crippen molar-refractivity contribution in [2.75, 3.05) is 11.9 Å². The number of pyridine rings is 1. The number of nitrogens with zero attached hydrogens (tertiary/aromatic N) is 1. The number of anilines is 1. The van der Waals surface area contributed by atoms with Crippen molar-refractivity contribution in [2.45, 2.75) is 13.5 Å². The van der Waals surface area contributed by atoms with Gasteiger partial charge in [0.2, 0.25) is 0 Å². The summed E-state index contributed by atoms with van der Waals surface area (Å²) in [6.07, 6.45) is 1.40. The van der Waals surface area contributed by atoms with Crippen LogP contribution in [0.1, 0.15) is 23.0 Å². The molecule has 0 aliphatic heterocycles. The Hall–Kier alpha value is -2.08. The standard InChI is InChI=1S/C15H15BrN2O3/c1-2-21-15(20)10-3-6-14(13(16)7-10)18-8-11-4-5-12(19)9-17-11/h3-7,9,18-19H,2,8H2,1H3. The van der Waals surface area contributed by atoms with Crippen molar-refractivity contribution in [3.63, 3.8) is 0 Å². The van der Waals surface area contributed by atoms with Crippen LogP contribution in [0.15, 0.2) is 41.0 Å². The minimum atomic E-state index is -0.343. The van der Waals surface area contributed by atoms with E-state index in [1.807, 2.05) is 0 Å². The van der Waals surface area contributed by atoms with Crippen LogP contribution in [-0.4, -0.2) is 22.7 Å². The van der Waals surface area contributed by atoms with E-state index in [0.717, 1.165) is 15.9 Å². The molecule has 1 aromatic heterocycles. The molecule has 0 radical (unpaired) electrons. The molecule has 0 atom stereocenters. The summed E-state index contributed by atoms with van der Waals surface area (Å²) < 4.78 is 5.72. The number of carbonyl (C=O) groups excluding carboxylic acids is 1. The highest BCUT2D eigenvalue weighted by Gasteiger charge is 2.09. The Morgan fingerprint density at radius 3 is 2.81 bits per heavy atom. The lowest BCUT2D eigenvalue weighted by Crippen LogP contribution is -2.06. The van der Waals surface area contributed by atoms with Gasteiger partial charge < -0.3 is 15.2 Å². The summed E-state index contributed by atoms with van der Waals surface area (Å²) in [4.78, 5) is 15.7. The van der Waals surface area contributed by atoms with Gasteiger partial charge in [-0.05, 0) is 53.2 Å². The average molecular weight is 351 g/mol. The molecule has 1 aromatic carbocycles. The van der Waals surface area contributed by atoms with Gasteiger partial charge in [-0.1, -0.05) is 0 Å². The first kappa shape index (κ1) is 15.3. The Labute approximate surface area is 131 Å². The van der Waals surface area contributed by atoms with Crippen molar-refractivity contribution in [2.24, 2.45) is 0 Å². The van der Waals surface area contributed by atoms with Crippen molar-refractivity contribution >= 4 is 27.6 Å². The Morgan fingerprint density at radius 1 is 1.38 bits per heavy atom. The molecule has 2 aromatic rings. The summed E-state index contributed by atoms with van der Waals surface area (Å²) in [6.45, 7) is 2.63. The zero-order valence-electron chi connectivity index (χ0n) is 11.5. The van der Waals surface area contributed by atoms with E-state index in [9.17, 15) is 9.90 Å². The Kier molecular flexibility index (Phi) is 5.16. The molecule has 6 heteroatoms. The van der Waals surface area contributed by atoms with Crippen molar-refractivity contribution in [3.05, 3.63) is 52.3 Å². The minimum absolute atomic E-state index is 0.138. The summed E-state index contributed by atoms with van der Waals surface area (Å²) >= 11 is 3.42. The number of aromatic hydroxyl groups is 1. The lowest BCUT2D eigenvalue weighted by Gasteiger charge is -2.10. The van der Waals surface area contributed by atoms with Crippen LogP contribution in [0.5, 0.6) is 5.75 Å². The molecule has 0 saturated carbocycles. The first-order chi connectivity index (χ1) is 10.1. The third-order valence-corrected chi connectivity index (χ3v) is 3.41. The highest BCUT2D eigenvalue weighted by Crippen LogP contribution is 2.24. The van der Waals surface area contributed by atoms with Gasteiger partial charge in [-0.2, -0.15) is 0 Å². The van der Waals surface area contributed by atoms with Gasteiger partial charge in [0.05, 0.1) is 30.6 Å². The van der Waals surface area contributed by atoms with Crippen LogP contribution in [0, 0.1) is 0 Å². The number of hydrogen-bond acceptors (Lipinski definition) is 5. The number of rotatable bonds is 5. The van der Waals surface area contributed by atoms with E-state index in [1.165, 1.54) is 6.20 Å². The normalized spacial score (nSPS) is 10.2.